The number of nitrogens with two attached hydrogens (primary N) is 1. The zero-order valence-electron chi connectivity index (χ0n) is 16.4. The third-order valence-corrected chi connectivity index (χ3v) is 6.27. The molecule has 4 heterocycles. The summed E-state index contributed by atoms with van der Waals surface area (Å²) in [5.74, 6) is 0.750. The van der Waals surface area contributed by atoms with Crippen LogP contribution >= 0.6 is 0 Å². The number of anilines is 1. The molecule has 1 aromatic carbocycles. The smallest absolute Gasteiger partial charge is 0.283 e. The van der Waals surface area contributed by atoms with Gasteiger partial charge in [-0.2, -0.15) is 0 Å². The SMILES string of the molecule is Cc1nc(C(=O)Nc2ccc3c(c2)C2(COC(N)=N2)C2(COC2)C(C)(C)O3)co1. The Balaban J connectivity index is 1.58. The first-order valence-electron chi connectivity index (χ1n) is 9.39. The van der Waals surface area contributed by atoms with Crippen molar-refractivity contribution in [3.8, 4) is 5.75 Å². The van der Waals surface area contributed by atoms with Crippen molar-refractivity contribution >= 4 is 17.6 Å². The molecule has 1 amide bonds. The standard InChI is InChI=1S/C20H22N4O5/c1-11-22-14(7-27-11)16(25)23-12-4-5-15-13(6-12)20(10-28-17(21)24-20)19(8-26-9-19)18(2,3)29-15/h4-7H,8-10H2,1-3H3,(H2,21,24)(H,23,25). The van der Waals surface area contributed by atoms with Crippen molar-refractivity contribution in [3.05, 3.63) is 41.6 Å². The zero-order chi connectivity index (χ0) is 20.4. The summed E-state index contributed by atoms with van der Waals surface area (Å²) in [6.45, 7) is 7.01. The van der Waals surface area contributed by atoms with E-state index in [0.717, 1.165) is 5.56 Å². The normalized spacial score (nSPS) is 25.6. The van der Waals surface area contributed by atoms with Crippen LogP contribution < -0.4 is 15.8 Å². The minimum absolute atomic E-state index is 0.146. The summed E-state index contributed by atoms with van der Waals surface area (Å²) in [6, 6.07) is 5.62. The van der Waals surface area contributed by atoms with E-state index in [2.05, 4.69) is 10.3 Å². The van der Waals surface area contributed by atoms with E-state index in [1.54, 1.807) is 13.0 Å². The molecule has 2 spiro atoms. The molecule has 29 heavy (non-hydrogen) atoms. The van der Waals surface area contributed by atoms with Crippen LogP contribution in [0.25, 0.3) is 0 Å². The highest BCUT2D eigenvalue weighted by atomic mass is 16.5. The number of nitrogens with zero attached hydrogens (tertiary/aromatic N) is 2. The van der Waals surface area contributed by atoms with Crippen LogP contribution in [0.3, 0.4) is 0 Å². The fourth-order valence-electron chi connectivity index (χ4n) is 4.52. The van der Waals surface area contributed by atoms with E-state index in [0.29, 0.717) is 37.1 Å². The van der Waals surface area contributed by atoms with Gasteiger partial charge in [-0.25, -0.2) is 9.98 Å². The molecule has 1 saturated heterocycles. The second-order valence-corrected chi connectivity index (χ2v) is 8.20. The lowest BCUT2D eigenvalue weighted by Gasteiger charge is -2.61. The average molecular weight is 398 g/mol. The van der Waals surface area contributed by atoms with Crippen LogP contribution in [0.1, 0.15) is 35.8 Å². The minimum Gasteiger partial charge on any atom is -0.487 e. The van der Waals surface area contributed by atoms with E-state index >= 15 is 0 Å². The number of carbonyl (C=O) groups is 1. The summed E-state index contributed by atoms with van der Waals surface area (Å²) in [7, 11) is 0. The molecule has 1 atom stereocenters. The Bertz CT molecular complexity index is 1040. The van der Waals surface area contributed by atoms with Gasteiger partial charge in [0.05, 0.1) is 18.6 Å². The van der Waals surface area contributed by atoms with Gasteiger partial charge in [0.15, 0.2) is 11.6 Å². The third kappa shape index (κ3) is 2.33. The number of nitrogens with one attached hydrogen (secondary N) is 1. The van der Waals surface area contributed by atoms with Crippen LogP contribution in [-0.2, 0) is 15.0 Å². The molecule has 152 valence electrons. The van der Waals surface area contributed by atoms with Crippen molar-refractivity contribution in [1.29, 1.82) is 0 Å². The maximum Gasteiger partial charge on any atom is 0.283 e. The molecule has 9 nitrogen and oxygen atoms in total. The summed E-state index contributed by atoms with van der Waals surface area (Å²) < 4.78 is 22.7. The Morgan fingerprint density at radius 3 is 2.62 bits per heavy atom. The molecule has 0 bridgehead atoms. The van der Waals surface area contributed by atoms with Crippen molar-refractivity contribution < 1.29 is 23.4 Å². The number of hydrogen-bond acceptors (Lipinski definition) is 8. The molecule has 1 fully saturated rings. The van der Waals surface area contributed by atoms with Gasteiger partial charge in [-0.3, -0.25) is 4.79 Å². The van der Waals surface area contributed by atoms with Crippen LogP contribution in [0.4, 0.5) is 5.69 Å². The lowest BCUT2D eigenvalue weighted by Crippen LogP contribution is -2.71. The highest BCUT2D eigenvalue weighted by Crippen LogP contribution is 2.62. The largest absolute Gasteiger partial charge is 0.487 e. The summed E-state index contributed by atoms with van der Waals surface area (Å²) in [5, 5.41) is 2.85. The first-order valence-corrected chi connectivity index (χ1v) is 9.39. The molecule has 2 aromatic rings. The molecule has 1 unspecified atom stereocenters. The van der Waals surface area contributed by atoms with E-state index in [1.807, 2.05) is 26.0 Å². The Labute approximate surface area is 167 Å². The molecule has 1 aromatic heterocycles. The number of aryl methyl sites for hydroxylation is 1. The van der Waals surface area contributed by atoms with E-state index in [9.17, 15) is 4.79 Å². The fourth-order valence-corrected chi connectivity index (χ4v) is 4.52. The Morgan fingerprint density at radius 1 is 1.24 bits per heavy atom. The number of aliphatic imine (C=N–C) groups is 1. The highest BCUT2D eigenvalue weighted by molar-refractivity contribution is 6.02. The second-order valence-electron chi connectivity index (χ2n) is 8.20. The molecule has 9 heteroatoms. The van der Waals surface area contributed by atoms with Crippen molar-refractivity contribution in [3.63, 3.8) is 0 Å². The molecule has 0 aliphatic carbocycles. The van der Waals surface area contributed by atoms with Crippen LogP contribution in [-0.4, -0.2) is 42.3 Å². The minimum atomic E-state index is -0.752. The van der Waals surface area contributed by atoms with E-state index in [1.165, 1.54) is 6.26 Å². The molecule has 0 radical (unpaired) electrons. The van der Waals surface area contributed by atoms with E-state index in [4.69, 9.17) is 29.4 Å². The Morgan fingerprint density at radius 2 is 2.03 bits per heavy atom. The van der Waals surface area contributed by atoms with Gasteiger partial charge < -0.3 is 29.7 Å². The van der Waals surface area contributed by atoms with Gasteiger partial charge >= 0.3 is 0 Å². The number of hydrogen-bond donors (Lipinski definition) is 2. The van der Waals surface area contributed by atoms with Gasteiger partial charge in [-0.15, -0.1) is 0 Å². The monoisotopic (exact) mass is 398 g/mol. The molecular formula is C20H22N4O5. The molecule has 3 N–H and O–H groups in total. The average Bonchev–Trinajstić information content (AvgIpc) is 3.21. The van der Waals surface area contributed by atoms with E-state index < -0.39 is 16.6 Å². The number of fused-ring (bicyclic) bond motifs is 3. The third-order valence-electron chi connectivity index (χ3n) is 6.27. The number of amides is 1. The first kappa shape index (κ1) is 18.0. The summed E-state index contributed by atoms with van der Waals surface area (Å²) in [5.41, 5.74) is 5.83. The van der Waals surface area contributed by atoms with Crippen molar-refractivity contribution in [1.82, 2.24) is 4.98 Å². The van der Waals surface area contributed by atoms with Gasteiger partial charge in [0.25, 0.3) is 11.9 Å². The quantitative estimate of drug-likeness (QED) is 0.793. The number of oxazole rings is 1. The number of aromatic nitrogens is 1. The second kappa shape index (κ2) is 5.73. The highest BCUT2D eigenvalue weighted by Gasteiger charge is 2.71. The zero-order valence-corrected chi connectivity index (χ0v) is 16.4. The lowest BCUT2D eigenvalue weighted by molar-refractivity contribution is -0.247. The molecule has 3 aliphatic rings. The number of carbonyl (C=O) groups excluding carboxylic acids is 1. The number of amidine groups is 1. The molecule has 0 saturated carbocycles. The van der Waals surface area contributed by atoms with Crippen LogP contribution in [0.2, 0.25) is 0 Å². The van der Waals surface area contributed by atoms with Crippen LogP contribution in [0.15, 0.2) is 33.9 Å². The van der Waals surface area contributed by atoms with Crippen LogP contribution in [0, 0.1) is 12.3 Å². The van der Waals surface area contributed by atoms with Crippen molar-refractivity contribution in [2.75, 3.05) is 25.1 Å². The number of ether oxygens (including phenoxy) is 3. The fraction of sp³-hybridized carbons (Fsp3) is 0.450. The predicted molar refractivity (Wildman–Crippen MR) is 103 cm³/mol. The Kier molecular flexibility index (Phi) is 3.55. The van der Waals surface area contributed by atoms with Gasteiger partial charge in [-0.1, -0.05) is 0 Å². The molecule has 3 aliphatic heterocycles. The summed E-state index contributed by atoms with van der Waals surface area (Å²) >= 11 is 0. The summed E-state index contributed by atoms with van der Waals surface area (Å²) in [4.78, 5) is 21.3. The van der Waals surface area contributed by atoms with E-state index in [-0.39, 0.29) is 17.6 Å². The maximum atomic E-state index is 12.5. The van der Waals surface area contributed by atoms with Crippen molar-refractivity contribution in [2.45, 2.75) is 31.9 Å². The van der Waals surface area contributed by atoms with Gasteiger partial charge in [0.1, 0.15) is 29.8 Å². The lowest BCUT2D eigenvalue weighted by atomic mass is 9.55. The van der Waals surface area contributed by atoms with Gasteiger partial charge in [0.2, 0.25) is 0 Å². The molecule has 5 rings (SSSR count). The first-order chi connectivity index (χ1) is 13.8. The predicted octanol–water partition coefficient (Wildman–Crippen LogP) is 1.96. The number of rotatable bonds is 2. The van der Waals surface area contributed by atoms with Gasteiger partial charge in [0, 0.05) is 18.2 Å². The van der Waals surface area contributed by atoms with Crippen LogP contribution in [0.5, 0.6) is 5.75 Å². The van der Waals surface area contributed by atoms with Gasteiger partial charge in [-0.05, 0) is 32.0 Å². The topological polar surface area (TPSA) is 121 Å². The summed E-state index contributed by atoms with van der Waals surface area (Å²) in [6.07, 6.45) is 1.33. The molecular weight excluding hydrogens is 376 g/mol. The Hall–Kier alpha value is -3.07. The number of benzene rings is 1. The maximum absolute atomic E-state index is 12.5. The van der Waals surface area contributed by atoms with Crippen molar-refractivity contribution in [2.24, 2.45) is 16.1 Å².